The smallest absolute Gasteiger partial charge is 0.338 e. The van der Waals surface area contributed by atoms with Gasteiger partial charge in [0.25, 0.3) is 11.7 Å². The summed E-state index contributed by atoms with van der Waals surface area (Å²) in [6, 6.07) is 15.5. The number of hydrogen-bond donors (Lipinski definition) is 1. The third-order valence-corrected chi connectivity index (χ3v) is 5.99. The number of ketones is 1. The van der Waals surface area contributed by atoms with Crippen LogP contribution in [-0.4, -0.2) is 53.5 Å². The zero-order valence-electron chi connectivity index (χ0n) is 20.6. The van der Waals surface area contributed by atoms with E-state index < -0.39 is 29.5 Å². The Morgan fingerprint density at radius 3 is 2.41 bits per heavy atom. The highest BCUT2D eigenvalue weighted by atomic mass is 16.5. The molecule has 9 nitrogen and oxygen atoms in total. The summed E-state index contributed by atoms with van der Waals surface area (Å²) < 4.78 is 15.7. The fourth-order valence-electron chi connectivity index (χ4n) is 4.19. The van der Waals surface area contributed by atoms with E-state index in [9.17, 15) is 19.5 Å². The molecular formula is C28H26N2O7. The molecule has 1 aromatic heterocycles. The molecule has 4 rings (SSSR count). The topological polar surface area (TPSA) is 115 Å². The van der Waals surface area contributed by atoms with E-state index in [1.807, 2.05) is 0 Å². The molecule has 1 aliphatic rings. The SMILES string of the molecule is CCOC(=O)c1ccc(CN2C(=O)C(=O)/C(=C(/O)c3cc(OC)ccc3OC)C2c2ccccn2)cc1. The van der Waals surface area contributed by atoms with E-state index in [0.29, 0.717) is 28.3 Å². The molecule has 0 radical (unpaired) electrons. The molecule has 2 aromatic carbocycles. The van der Waals surface area contributed by atoms with Crippen molar-refractivity contribution in [2.75, 3.05) is 20.8 Å². The van der Waals surface area contributed by atoms with Crippen LogP contribution in [0.15, 0.2) is 72.4 Å². The number of rotatable bonds is 8. The molecule has 1 aliphatic heterocycles. The number of ether oxygens (including phenoxy) is 3. The van der Waals surface area contributed by atoms with E-state index in [0.717, 1.165) is 0 Å². The molecule has 190 valence electrons. The van der Waals surface area contributed by atoms with Crippen molar-refractivity contribution in [1.82, 2.24) is 9.88 Å². The van der Waals surface area contributed by atoms with Gasteiger partial charge in [0.1, 0.15) is 23.3 Å². The van der Waals surface area contributed by atoms with Gasteiger partial charge in [-0.2, -0.15) is 0 Å². The number of methoxy groups -OCH3 is 2. The van der Waals surface area contributed by atoms with Crippen LogP contribution in [0.3, 0.4) is 0 Å². The van der Waals surface area contributed by atoms with Crippen molar-refractivity contribution in [3.8, 4) is 11.5 Å². The fraction of sp³-hybridized carbons (Fsp3) is 0.214. The number of carbonyl (C=O) groups is 3. The first-order chi connectivity index (χ1) is 17.9. The summed E-state index contributed by atoms with van der Waals surface area (Å²) in [4.78, 5) is 44.3. The van der Waals surface area contributed by atoms with Crippen molar-refractivity contribution in [3.05, 3.63) is 94.8 Å². The van der Waals surface area contributed by atoms with Crippen LogP contribution in [0, 0.1) is 0 Å². The normalized spacial score (nSPS) is 16.5. The van der Waals surface area contributed by atoms with Crippen molar-refractivity contribution < 1.29 is 33.7 Å². The summed E-state index contributed by atoms with van der Waals surface area (Å²) in [7, 11) is 2.92. The Bertz CT molecular complexity index is 1350. The van der Waals surface area contributed by atoms with Crippen molar-refractivity contribution in [2.24, 2.45) is 0 Å². The highest BCUT2D eigenvalue weighted by Crippen LogP contribution is 2.41. The summed E-state index contributed by atoms with van der Waals surface area (Å²) >= 11 is 0. The summed E-state index contributed by atoms with van der Waals surface area (Å²) in [5, 5.41) is 11.4. The molecule has 1 fully saturated rings. The number of amides is 1. The zero-order valence-corrected chi connectivity index (χ0v) is 20.6. The highest BCUT2D eigenvalue weighted by Gasteiger charge is 2.47. The van der Waals surface area contributed by atoms with Gasteiger partial charge in [-0.05, 0) is 55.0 Å². The lowest BCUT2D eigenvalue weighted by molar-refractivity contribution is -0.140. The van der Waals surface area contributed by atoms with Gasteiger partial charge < -0.3 is 24.2 Å². The average Bonchev–Trinajstić information content (AvgIpc) is 3.18. The minimum Gasteiger partial charge on any atom is -0.507 e. The maximum atomic E-state index is 13.3. The second kappa shape index (κ2) is 10.9. The maximum absolute atomic E-state index is 13.3. The zero-order chi connectivity index (χ0) is 26.5. The number of benzene rings is 2. The highest BCUT2D eigenvalue weighted by molar-refractivity contribution is 6.46. The van der Waals surface area contributed by atoms with Crippen molar-refractivity contribution in [3.63, 3.8) is 0 Å². The molecule has 9 heteroatoms. The van der Waals surface area contributed by atoms with Gasteiger partial charge in [0, 0.05) is 12.7 Å². The van der Waals surface area contributed by atoms with Gasteiger partial charge in [0.05, 0.1) is 43.2 Å². The molecule has 1 amide bonds. The number of likely N-dealkylation sites (tertiary alicyclic amines) is 1. The Morgan fingerprint density at radius 1 is 1.03 bits per heavy atom. The first-order valence-corrected chi connectivity index (χ1v) is 11.6. The van der Waals surface area contributed by atoms with Crippen LogP contribution >= 0.6 is 0 Å². The number of esters is 1. The number of nitrogens with zero attached hydrogens (tertiary/aromatic N) is 2. The number of aromatic nitrogens is 1. The number of aliphatic hydroxyl groups is 1. The van der Waals surface area contributed by atoms with E-state index in [4.69, 9.17) is 14.2 Å². The fourth-order valence-corrected chi connectivity index (χ4v) is 4.19. The van der Waals surface area contributed by atoms with Gasteiger partial charge in [0.2, 0.25) is 0 Å². The van der Waals surface area contributed by atoms with Crippen molar-refractivity contribution in [1.29, 1.82) is 0 Å². The lowest BCUT2D eigenvalue weighted by Crippen LogP contribution is -2.29. The molecule has 0 bridgehead atoms. The van der Waals surface area contributed by atoms with E-state index in [1.165, 1.54) is 25.2 Å². The Kier molecular flexibility index (Phi) is 7.52. The average molecular weight is 503 g/mol. The molecule has 1 N–H and O–H groups in total. The summed E-state index contributed by atoms with van der Waals surface area (Å²) in [6.07, 6.45) is 1.55. The van der Waals surface area contributed by atoms with Crippen molar-refractivity contribution >= 4 is 23.4 Å². The van der Waals surface area contributed by atoms with Gasteiger partial charge in [-0.1, -0.05) is 18.2 Å². The van der Waals surface area contributed by atoms with E-state index >= 15 is 0 Å². The van der Waals surface area contributed by atoms with E-state index in [2.05, 4.69) is 4.98 Å². The molecule has 2 heterocycles. The Labute approximate surface area is 213 Å². The van der Waals surface area contributed by atoms with E-state index in [-0.39, 0.29) is 24.3 Å². The number of aliphatic hydroxyl groups excluding tert-OH is 1. The van der Waals surface area contributed by atoms with Crippen LogP contribution in [0.4, 0.5) is 0 Å². The molecule has 0 saturated carbocycles. The number of carbonyl (C=O) groups excluding carboxylic acids is 3. The first-order valence-electron chi connectivity index (χ1n) is 11.6. The lowest BCUT2D eigenvalue weighted by Gasteiger charge is -2.25. The van der Waals surface area contributed by atoms with Crippen LogP contribution in [0.5, 0.6) is 11.5 Å². The molecule has 37 heavy (non-hydrogen) atoms. The monoisotopic (exact) mass is 502 g/mol. The van der Waals surface area contributed by atoms with Crippen LogP contribution in [0.1, 0.15) is 40.1 Å². The lowest BCUT2D eigenvalue weighted by atomic mass is 9.97. The third-order valence-electron chi connectivity index (χ3n) is 5.99. The molecule has 0 spiro atoms. The summed E-state index contributed by atoms with van der Waals surface area (Å²) in [5.41, 5.74) is 1.56. The predicted molar refractivity (Wildman–Crippen MR) is 134 cm³/mol. The minimum atomic E-state index is -0.957. The van der Waals surface area contributed by atoms with Crippen LogP contribution < -0.4 is 9.47 Å². The van der Waals surface area contributed by atoms with Gasteiger partial charge in [-0.25, -0.2) is 4.79 Å². The number of hydrogen-bond acceptors (Lipinski definition) is 8. The molecule has 1 unspecified atom stereocenters. The predicted octanol–water partition coefficient (Wildman–Crippen LogP) is 3.90. The van der Waals surface area contributed by atoms with Gasteiger partial charge in [0.15, 0.2) is 0 Å². The Morgan fingerprint density at radius 2 is 1.78 bits per heavy atom. The van der Waals surface area contributed by atoms with Gasteiger partial charge in [-0.3, -0.25) is 14.6 Å². The molecule has 0 aliphatic carbocycles. The second-order valence-electron chi connectivity index (χ2n) is 8.17. The molecular weight excluding hydrogens is 476 g/mol. The molecule has 3 aromatic rings. The number of pyridine rings is 1. The first kappa shape index (κ1) is 25.4. The quantitative estimate of drug-likeness (QED) is 0.213. The van der Waals surface area contributed by atoms with Gasteiger partial charge >= 0.3 is 5.97 Å². The van der Waals surface area contributed by atoms with Crippen LogP contribution in [-0.2, 0) is 20.9 Å². The van der Waals surface area contributed by atoms with Crippen molar-refractivity contribution in [2.45, 2.75) is 19.5 Å². The van der Waals surface area contributed by atoms with E-state index in [1.54, 1.807) is 67.7 Å². The summed E-state index contributed by atoms with van der Waals surface area (Å²) in [5.74, 6) is -1.73. The Hall–Kier alpha value is -4.66. The number of Topliss-reactive ketones (excluding diaryl/α,β-unsaturated/α-hetero) is 1. The molecule has 1 atom stereocenters. The maximum Gasteiger partial charge on any atom is 0.338 e. The second-order valence-corrected chi connectivity index (χ2v) is 8.17. The molecule has 1 saturated heterocycles. The Balaban J connectivity index is 1.79. The van der Waals surface area contributed by atoms with Gasteiger partial charge in [-0.15, -0.1) is 0 Å². The third kappa shape index (κ3) is 5.02. The van der Waals surface area contributed by atoms with Crippen LogP contribution in [0.2, 0.25) is 0 Å². The minimum absolute atomic E-state index is 0.0426. The van der Waals surface area contributed by atoms with Crippen LogP contribution in [0.25, 0.3) is 5.76 Å². The standard InChI is InChI=1S/C28H26N2O7/c1-4-37-28(34)18-10-8-17(9-11-18)16-30-24(21-7-5-6-14-29-21)23(26(32)27(30)33)25(31)20-15-19(35-2)12-13-22(20)36-3/h5-15,24,31H,4,16H2,1-3H3/b25-23+. The largest absolute Gasteiger partial charge is 0.507 e. The summed E-state index contributed by atoms with van der Waals surface area (Å²) in [6.45, 7) is 2.02.